The SMILES string of the molecule is CCSc1nc(N2C[C@@H]3C[C@H]2CN3C(=O)O)c2c(C(C)(C)C)c(I)c(Br)c(O[C@@H](C)c3ccccc3)c2n1. The van der Waals surface area contributed by atoms with E-state index in [0.717, 1.165) is 42.5 Å². The Morgan fingerprint density at radius 3 is 2.53 bits per heavy atom. The van der Waals surface area contributed by atoms with E-state index in [1.807, 2.05) is 18.2 Å². The van der Waals surface area contributed by atoms with Crippen molar-refractivity contribution in [3.63, 3.8) is 0 Å². The van der Waals surface area contributed by atoms with Crippen molar-refractivity contribution in [3.8, 4) is 5.75 Å². The fourth-order valence-corrected chi connectivity index (χ4v) is 7.96. The minimum Gasteiger partial charge on any atom is -0.483 e. The minimum absolute atomic E-state index is 0.0220. The number of carboxylic acid groups (broad SMARTS) is 1. The van der Waals surface area contributed by atoms with Crippen molar-refractivity contribution >= 4 is 73.1 Å². The summed E-state index contributed by atoms with van der Waals surface area (Å²) in [6.07, 6.45) is -0.202. The van der Waals surface area contributed by atoms with E-state index in [1.165, 1.54) is 5.56 Å². The molecule has 202 valence electrons. The van der Waals surface area contributed by atoms with Crippen molar-refractivity contribution in [3.05, 3.63) is 49.5 Å². The Morgan fingerprint density at radius 1 is 1.24 bits per heavy atom. The van der Waals surface area contributed by atoms with Crippen LogP contribution >= 0.6 is 50.3 Å². The van der Waals surface area contributed by atoms with Gasteiger partial charge in [0.2, 0.25) is 0 Å². The van der Waals surface area contributed by atoms with E-state index in [4.69, 9.17) is 14.7 Å². The van der Waals surface area contributed by atoms with Crippen LogP contribution in [0.25, 0.3) is 10.9 Å². The largest absolute Gasteiger partial charge is 0.483 e. The van der Waals surface area contributed by atoms with Gasteiger partial charge in [-0.2, -0.15) is 0 Å². The number of hydrogen-bond acceptors (Lipinski definition) is 6. The number of anilines is 1. The molecule has 0 aliphatic carbocycles. The lowest BCUT2D eigenvalue weighted by atomic mass is 9.84. The molecule has 1 aromatic heterocycles. The Hall–Kier alpha value is -1.79. The molecule has 5 rings (SSSR count). The molecule has 2 aliphatic heterocycles. The number of benzene rings is 2. The average Bonchev–Trinajstić information content (AvgIpc) is 3.48. The summed E-state index contributed by atoms with van der Waals surface area (Å²) >= 11 is 7.91. The molecule has 2 saturated heterocycles. The van der Waals surface area contributed by atoms with Crippen LogP contribution in [-0.4, -0.2) is 57.0 Å². The summed E-state index contributed by atoms with van der Waals surface area (Å²) < 4.78 is 8.68. The number of piperazine rings is 1. The lowest BCUT2D eigenvalue weighted by Gasteiger charge is -2.35. The van der Waals surface area contributed by atoms with Crippen LogP contribution in [0, 0.1) is 3.57 Å². The number of rotatable bonds is 6. The Kier molecular flexibility index (Phi) is 7.78. The van der Waals surface area contributed by atoms with Crippen molar-refractivity contribution in [1.29, 1.82) is 0 Å². The highest BCUT2D eigenvalue weighted by atomic mass is 127. The number of thioether (sulfide) groups is 1. The van der Waals surface area contributed by atoms with E-state index in [2.05, 4.69) is 90.2 Å². The van der Waals surface area contributed by atoms with Crippen LogP contribution < -0.4 is 9.64 Å². The van der Waals surface area contributed by atoms with Crippen molar-refractivity contribution in [2.45, 2.75) is 69.8 Å². The normalized spacial score (nSPS) is 19.9. The number of fused-ring (bicyclic) bond motifs is 3. The molecule has 2 bridgehead atoms. The van der Waals surface area contributed by atoms with Crippen LogP contribution in [0.5, 0.6) is 5.75 Å². The van der Waals surface area contributed by atoms with Gasteiger partial charge >= 0.3 is 6.09 Å². The summed E-state index contributed by atoms with van der Waals surface area (Å²) in [5, 5.41) is 11.4. The number of amides is 1. The maximum atomic E-state index is 11.8. The zero-order valence-corrected chi connectivity index (χ0v) is 26.7. The summed E-state index contributed by atoms with van der Waals surface area (Å²) in [5.74, 6) is 2.45. The molecule has 1 N–H and O–H groups in total. The Bertz CT molecular complexity index is 1380. The third-order valence-corrected chi connectivity index (χ3v) is 10.6. The molecule has 2 aromatic carbocycles. The lowest BCUT2D eigenvalue weighted by Crippen LogP contribution is -2.48. The molecule has 0 unspecified atom stereocenters. The molecular weight excluding hydrogens is 679 g/mol. The van der Waals surface area contributed by atoms with Crippen LogP contribution in [0.1, 0.15) is 58.3 Å². The Morgan fingerprint density at radius 2 is 1.95 bits per heavy atom. The van der Waals surface area contributed by atoms with Crippen molar-refractivity contribution < 1.29 is 14.6 Å². The van der Waals surface area contributed by atoms with E-state index in [-0.39, 0.29) is 23.6 Å². The van der Waals surface area contributed by atoms with Crippen LogP contribution in [0.4, 0.5) is 10.6 Å². The molecule has 2 aliphatic rings. The van der Waals surface area contributed by atoms with Gasteiger partial charge in [-0.1, -0.05) is 69.8 Å². The molecule has 10 heteroatoms. The maximum absolute atomic E-state index is 11.8. The van der Waals surface area contributed by atoms with E-state index < -0.39 is 6.09 Å². The van der Waals surface area contributed by atoms with Gasteiger partial charge in [-0.15, -0.1) is 0 Å². The van der Waals surface area contributed by atoms with Gasteiger partial charge in [-0.3, -0.25) is 0 Å². The number of nitrogens with zero attached hydrogens (tertiary/aromatic N) is 4. The molecule has 3 heterocycles. The number of likely N-dealkylation sites (tertiary alicyclic amines) is 1. The smallest absolute Gasteiger partial charge is 0.407 e. The van der Waals surface area contributed by atoms with Crippen LogP contribution in [0.15, 0.2) is 40.0 Å². The van der Waals surface area contributed by atoms with Gasteiger partial charge in [-0.05, 0) is 74.2 Å². The highest BCUT2D eigenvalue weighted by Crippen LogP contribution is 2.49. The topological polar surface area (TPSA) is 78.8 Å². The van der Waals surface area contributed by atoms with Crippen molar-refractivity contribution in [1.82, 2.24) is 14.9 Å². The van der Waals surface area contributed by atoms with E-state index in [1.54, 1.807) is 16.7 Å². The standard InChI is InChI=1S/C28H32BrIN4O3S/c1-6-38-26-31-23-19(25(32-26)33-13-18-12-17(33)14-34(18)27(35)36)20(28(3,4)5)22(30)21(29)24(23)37-15(2)16-10-8-7-9-11-16/h7-11,15,17-18H,6,12-14H2,1-5H3,(H,35,36)/t15-,17-,18-/m0/s1. The molecule has 38 heavy (non-hydrogen) atoms. The van der Waals surface area contributed by atoms with Gasteiger partial charge < -0.3 is 19.6 Å². The van der Waals surface area contributed by atoms with Crippen molar-refractivity contribution in [2.24, 2.45) is 0 Å². The molecule has 2 fully saturated rings. The molecule has 0 spiro atoms. The molecule has 1 amide bonds. The van der Waals surface area contributed by atoms with Crippen LogP contribution in [0.2, 0.25) is 0 Å². The number of halogens is 2. The third-order valence-electron chi connectivity index (χ3n) is 7.29. The van der Waals surface area contributed by atoms with Gasteiger partial charge in [-0.25, -0.2) is 14.8 Å². The fraction of sp³-hybridized carbons (Fsp3) is 0.464. The predicted octanol–water partition coefficient (Wildman–Crippen LogP) is 7.49. The summed E-state index contributed by atoms with van der Waals surface area (Å²) in [6.45, 7) is 11.9. The minimum atomic E-state index is -0.841. The van der Waals surface area contributed by atoms with Crippen LogP contribution in [0.3, 0.4) is 0 Å². The van der Waals surface area contributed by atoms with Gasteiger partial charge in [0.15, 0.2) is 10.9 Å². The second-order valence-corrected chi connectivity index (χ2v) is 14.0. The first-order chi connectivity index (χ1) is 18.0. The van der Waals surface area contributed by atoms with Gasteiger partial charge in [0.1, 0.15) is 17.4 Å². The molecule has 0 saturated carbocycles. The molecule has 7 nitrogen and oxygen atoms in total. The second kappa shape index (κ2) is 10.6. The van der Waals surface area contributed by atoms with E-state index >= 15 is 0 Å². The zero-order chi connectivity index (χ0) is 27.4. The average molecular weight is 711 g/mol. The lowest BCUT2D eigenvalue weighted by molar-refractivity contribution is 0.137. The zero-order valence-electron chi connectivity index (χ0n) is 22.2. The number of carbonyl (C=O) groups is 1. The monoisotopic (exact) mass is 710 g/mol. The first kappa shape index (κ1) is 27.8. The Balaban J connectivity index is 1.74. The van der Waals surface area contributed by atoms with Gasteiger partial charge in [0.25, 0.3) is 0 Å². The first-order valence-corrected chi connectivity index (χ1v) is 15.7. The summed E-state index contributed by atoms with van der Waals surface area (Å²) in [4.78, 5) is 25.9. The highest BCUT2D eigenvalue weighted by molar-refractivity contribution is 14.1. The predicted molar refractivity (Wildman–Crippen MR) is 165 cm³/mol. The highest BCUT2D eigenvalue weighted by Gasteiger charge is 2.47. The van der Waals surface area contributed by atoms with E-state index in [0.29, 0.717) is 24.0 Å². The first-order valence-electron chi connectivity index (χ1n) is 12.8. The quantitative estimate of drug-likeness (QED) is 0.161. The molecule has 3 aromatic rings. The maximum Gasteiger partial charge on any atom is 0.407 e. The van der Waals surface area contributed by atoms with Gasteiger partial charge in [0.05, 0.1) is 21.9 Å². The summed E-state index contributed by atoms with van der Waals surface area (Å²) in [6, 6.07) is 10.3. The van der Waals surface area contributed by atoms with Crippen molar-refractivity contribution in [2.75, 3.05) is 23.7 Å². The number of ether oxygens (including phenoxy) is 1. The van der Waals surface area contributed by atoms with Gasteiger partial charge in [0, 0.05) is 16.7 Å². The van der Waals surface area contributed by atoms with Crippen LogP contribution in [-0.2, 0) is 5.41 Å². The summed E-state index contributed by atoms with van der Waals surface area (Å²) in [7, 11) is 0. The second-order valence-electron chi connectivity index (χ2n) is 10.9. The molecule has 3 atom stereocenters. The molecular formula is C28H32BrIN4O3S. The fourth-order valence-electron chi connectivity index (χ4n) is 5.59. The molecule has 0 radical (unpaired) electrons. The van der Waals surface area contributed by atoms with E-state index in [9.17, 15) is 9.90 Å². The summed E-state index contributed by atoms with van der Waals surface area (Å²) in [5.41, 5.74) is 2.86. The third kappa shape index (κ3) is 4.96. The Labute approximate surface area is 250 Å². The number of aromatic nitrogens is 2. The number of hydrogen-bond donors (Lipinski definition) is 1.